The first-order valence-electron chi connectivity index (χ1n) is 3.32. The molecule has 0 aromatic carbocycles. The quantitative estimate of drug-likeness (QED) is 0.440. The van der Waals surface area contributed by atoms with Crippen molar-refractivity contribution >= 4 is 0 Å². The number of rotatable bonds is 0. The maximum Gasteiger partial charge on any atom is 0.0192 e. The van der Waals surface area contributed by atoms with Crippen molar-refractivity contribution in [3.05, 3.63) is 0 Å². The molecule has 0 aromatic rings. The van der Waals surface area contributed by atoms with E-state index >= 15 is 0 Å². The molecule has 4 nitrogen and oxygen atoms in total. The fourth-order valence-electron chi connectivity index (χ4n) is 1.19. The molecule has 1 saturated carbocycles. The monoisotopic (exact) mass is 150 g/mol. The van der Waals surface area contributed by atoms with Crippen molar-refractivity contribution in [3.63, 3.8) is 0 Å². The normalized spacial score (nSPS) is 31.8. The largest absolute Gasteiger partial charge is 0.412 e. The molecule has 0 amide bonds. The Balaban J connectivity index is 0. The maximum atomic E-state index is 5.65. The van der Waals surface area contributed by atoms with Crippen LogP contribution in [0.25, 0.3) is 0 Å². The van der Waals surface area contributed by atoms with Crippen molar-refractivity contribution in [3.8, 4) is 0 Å². The van der Waals surface area contributed by atoms with Gasteiger partial charge in [0.15, 0.2) is 0 Å². The van der Waals surface area contributed by atoms with E-state index < -0.39 is 0 Å². The van der Waals surface area contributed by atoms with E-state index in [2.05, 4.69) is 0 Å². The average Bonchev–Trinajstić information content (AvgIpc) is 1.77. The molecular weight excluding hydrogens is 132 g/mol. The Labute approximate surface area is 61.2 Å². The molecule has 1 aliphatic rings. The van der Waals surface area contributed by atoms with Gasteiger partial charge in [-0.25, -0.2) is 0 Å². The van der Waals surface area contributed by atoms with Crippen LogP contribution in [0, 0.1) is 0 Å². The van der Waals surface area contributed by atoms with Gasteiger partial charge in [0, 0.05) is 12.1 Å². The molecule has 0 aliphatic heterocycles. The zero-order chi connectivity index (χ0) is 5.98. The minimum atomic E-state index is 0. The highest BCUT2D eigenvalue weighted by Crippen LogP contribution is 2.14. The van der Waals surface area contributed by atoms with Crippen LogP contribution in [0.1, 0.15) is 25.7 Å². The van der Waals surface area contributed by atoms with Crippen molar-refractivity contribution in [2.45, 2.75) is 37.8 Å². The summed E-state index contributed by atoms with van der Waals surface area (Å²) in [6.07, 6.45) is 4.80. The smallest absolute Gasteiger partial charge is 0.0192 e. The Hall–Kier alpha value is -0.160. The van der Waals surface area contributed by atoms with Crippen molar-refractivity contribution in [2.24, 2.45) is 11.5 Å². The van der Waals surface area contributed by atoms with E-state index in [-0.39, 0.29) is 23.0 Å². The highest BCUT2D eigenvalue weighted by Gasteiger charge is 2.16. The third kappa shape index (κ3) is 3.12. The minimum absolute atomic E-state index is 0. The lowest BCUT2D eigenvalue weighted by Gasteiger charge is -2.24. The first-order valence-corrected chi connectivity index (χ1v) is 3.32. The zero-order valence-electron chi connectivity index (χ0n) is 6.14. The summed E-state index contributed by atoms with van der Waals surface area (Å²) in [5.74, 6) is 0. The summed E-state index contributed by atoms with van der Waals surface area (Å²) in [6, 6.07) is 0.562. The van der Waals surface area contributed by atoms with Crippen LogP contribution >= 0.6 is 0 Å². The average molecular weight is 150 g/mol. The lowest BCUT2D eigenvalue weighted by molar-refractivity contribution is 0.385. The fraction of sp³-hybridized carbons (Fsp3) is 1.00. The molecule has 8 N–H and O–H groups in total. The number of hydrogen-bond acceptors (Lipinski definition) is 2. The van der Waals surface area contributed by atoms with Gasteiger partial charge in [-0.1, -0.05) is 12.8 Å². The van der Waals surface area contributed by atoms with Crippen molar-refractivity contribution in [1.82, 2.24) is 0 Å². The van der Waals surface area contributed by atoms with Gasteiger partial charge in [0.25, 0.3) is 0 Å². The van der Waals surface area contributed by atoms with Crippen molar-refractivity contribution < 1.29 is 11.0 Å². The molecule has 0 radical (unpaired) electrons. The van der Waals surface area contributed by atoms with Gasteiger partial charge < -0.3 is 22.4 Å². The summed E-state index contributed by atoms with van der Waals surface area (Å²) < 4.78 is 0. The summed E-state index contributed by atoms with van der Waals surface area (Å²) >= 11 is 0. The molecular formula is C6H18N2O2. The van der Waals surface area contributed by atoms with E-state index in [1.54, 1.807) is 0 Å². The SMILES string of the molecule is NC1CCCCC1N.O.O. The Bertz CT molecular complexity index is 70.1. The molecule has 0 heterocycles. The summed E-state index contributed by atoms with van der Waals surface area (Å²) in [7, 11) is 0. The first kappa shape index (κ1) is 12.5. The van der Waals surface area contributed by atoms with Crippen LogP contribution < -0.4 is 11.5 Å². The molecule has 0 saturated heterocycles. The second-order valence-corrected chi connectivity index (χ2v) is 2.61. The molecule has 64 valence electrons. The molecule has 1 fully saturated rings. The number of nitrogens with two attached hydrogens (primary N) is 2. The predicted octanol–water partition coefficient (Wildman–Crippen LogP) is -1.43. The van der Waals surface area contributed by atoms with E-state index in [9.17, 15) is 0 Å². The molecule has 0 bridgehead atoms. The maximum absolute atomic E-state index is 5.65. The second kappa shape index (κ2) is 5.61. The van der Waals surface area contributed by atoms with Crippen LogP contribution in [0.15, 0.2) is 0 Å². The topological polar surface area (TPSA) is 115 Å². The molecule has 10 heavy (non-hydrogen) atoms. The number of hydrogen-bond donors (Lipinski definition) is 2. The summed E-state index contributed by atoms with van der Waals surface area (Å²) in [4.78, 5) is 0. The van der Waals surface area contributed by atoms with E-state index in [1.165, 1.54) is 12.8 Å². The Morgan fingerprint density at radius 3 is 1.30 bits per heavy atom. The van der Waals surface area contributed by atoms with E-state index in [0.717, 1.165) is 12.8 Å². The van der Waals surface area contributed by atoms with Crippen LogP contribution in [0.3, 0.4) is 0 Å². The van der Waals surface area contributed by atoms with Crippen LogP contribution in [0.4, 0.5) is 0 Å². The second-order valence-electron chi connectivity index (χ2n) is 2.61. The highest BCUT2D eigenvalue weighted by molar-refractivity contribution is 4.79. The van der Waals surface area contributed by atoms with Gasteiger partial charge in [-0.05, 0) is 12.8 Å². The van der Waals surface area contributed by atoms with Gasteiger partial charge in [0.2, 0.25) is 0 Å². The van der Waals surface area contributed by atoms with Gasteiger partial charge in [-0.3, -0.25) is 0 Å². The van der Waals surface area contributed by atoms with Crippen LogP contribution in [0.2, 0.25) is 0 Å². The summed E-state index contributed by atoms with van der Waals surface area (Å²) in [6.45, 7) is 0. The van der Waals surface area contributed by atoms with Crippen LogP contribution in [0.5, 0.6) is 0 Å². The predicted molar refractivity (Wildman–Crippen MR) is 41.6 cm³/mol. The Morgan fingerprint density at radius 2 is 1.10 bits per heavy atom. The van der Waals surface area contributed by atoms with Crippen LogP contribution in [-0.4, -0.2) is 23.0 Å². The third-order valence-corrected chi connectivity index (χ3v) is 1.87. The molecule has 1 aliphatic carbocycles. The zero-order valence-corrected chi connectivity index (χ0v) is 6.14. The lowest BCUT2D eigenvalue weighted by atomic mass is 9.92. The standard InChI is InChI=1S/C6H14N2.2H2O/c7-5-3-1-2-4-6(5)8;;/h5-6H,1-4,7-8H2;2*1H2. The van der Waals surface area contributed by atoms with Gasteiger partial charge in [-0.15, -0.1) is 0 Å². The summed E-state index contributed by atoms with van der Waals surface area (Å²) in [5.41, 5.74) is 11.3. The molecule has 2 atom stereocenters. The van der Waals surface area contributed by atoms with Crippen molar-refractivity contribution in [1.29, 1.82) is 0 Å². The molecule has 0 spiro atoms. The first-order chi connectivity index (χ1) is 3.80. The van der Waals surface area contributed by atoms with Gasteiger partial charge in [-0.2, -0.15) is 0 Å². The van der Waals surface area contributed by atoms with Crippen LogP contribution in [-0.2, 0) is 0 Å². The Kier molecular flexibility index (Phi) is 7.02. The minimum Gasteiger partial charge on any atom is -0.412 e. The van der Waals surface area contributed by atoms with Gasteiger partial charge >= 0.3 is 0 Å². The van der Waals surface area contributed by atoms with E-state index in [1.807, 2.05) is 0 Å². The Morgan fingerprint density at radius 1 is 0.800 bits per heavy atom. The van der Waals surface area contributed by atoms with Gasteiger partial charge in [0.1, 0.15) is 0 Å². The lowest BCUT2D eigenvalue weighted by Crippen LogP contribution is -2.43. The molecule has 0 aromatic heterocycles. The molecule has 4 heteroatoms. The molecule has 2 unspecified atom stereocenters. The summed E-state index contributed by atoms with van der Waals surface area (Å²) in [5, 5.41) is 0. The highest BCUT2D eigenvalue weighted by atomic mass is 16.0. The van der Waals surface area contributed by atoms with E-state index in [0.29, 0.717) is 0 Å². The van der Waals surface area contributed by atoms with Crippen molar-refractivity contribution in [2.75, 3.05) is 0 Å². The third-order valence-electron chi connectivity index (χ3n) is 1.87. The van der Waals surface area contributed by atoms with Gasteiger partial charge in [0.05, 0.1) is 0 Å². The molecule has 1 rings (SSSR count). The fourth-order valence-corrected chi connectivity index (χ4v) is 1.19. The van der Waals surface area contributed by atoms with E-state index in [4.69, 9.17) is 11.5 Å².